The smallest absolute Gasteiger partial charge is 0.410 e. The Kier molecular flexibility index (Phi) is 3.82. The van der Waals surface area contributed by atoms with Gasteiger partial charge in [-0.2, -0.15) is 0 Å². The minimum atomic E-state index is -0.985. The SMILES string of the molecule is CC(C)(C)OC(=O)N1C[C@@H](F)CC1CCl. The molecule has 0 aromatic carbocycles. The number of hydrogen-bond donors (Lipinski definition) is 0. The molecule has 0 aromatic heterocycles. The monoisotopic (exact) mass is 237 g/mol. The van der Waals surface area contributed by atoms with Crippen LogP contribution in [0.5, 0.6) is 0 Å². The Hall–Kier alpha value is -0.510. The van der Waals surface area contributed by atoms with E-state index in [0.29, 0.717) is 6.42 Å². The number of amides is 1. The van der Waals surface area contributed by atoms with Crippen LogP contribution in [0.25, 0.3) is 0 Å². The summed E-state index contributed by atoms with van der Waals surface area (Å²) in [4.78, 5) is 13.0. The molecule has 15 heavy (non-hydrogen) atoms. The van der Waals surface area contributed by atoms with Gasteiger partial charge in [-0.3, -0.25) is 0 Å². The summed E-state index contributed by atoms with van der Waals surface area (Å²) in [5, 5.41) is 0. The van der Waals surface area contributed by atoms with Crippen molar-refractivity contribution in [3.63, 3.8) is 0 Å². The van der Waals surface area contributed by atoms with Crippen LogP contribution in [0.2, 0.25) is 0 Å². The summed E-state index contributed by atoms with van der Waals surface area (Å²) in [6.45, 7) is 5.43. The van der Waals surface area contributed by atoms with Crippen LogP contribution in [0, 0.1) is 0 Å². The first kappa shape index (κ1) is 12.6. The number of hydrogen-bond acceptors (Lipinski definition) is 2. The number of likely N-dealkylation sites (tertiary alicyclic amines) is 1. The zero-order valence-electron chi connectivity index (χ0n) is 9.30. The zero-order chi connectivity index (χ0) is 11.6. The third-order valence-corrected chi connectivity index (χ3v) is 2.53. The van der Waals surface area contributed by atoms with E-state index in [1.807, 2.05) is 0 Å². The van der Waals surface area contributed by atoms with Crippen LogP contribution >= 0.6 is 11.6 Å². The summed E-state index contributed by atoms with van der Waals surface area (Å²) >= 11 is 5.67. The fourth-order valence-corrected chi connectivity index (χ4v) is 1.84. The van der Waals surface area contributed by atoms with Gasteiger partial charge in [-0.05, 0) is 20.8 Å². The van der Waals surface area contributed by atoms with E-state index in [0.717, 1.165) is 0 Å². The second kappa shape index (κ2) is 4.56. The normalized spacial score (nSPS) is 26.9. The molecule has 1 saturated heterocycles. The Labute approximate surface area is 94.5 Å². The number of halogens is 2. The fourth-order valence-electron chi connectivity index (χ4n) is 1.55. The van der Waals surface area contributed by atoms with Crippen molar-refractivity contribution in [3.8, 4) is 0 Å². The second-order valence-electron chi connectivity index (χ2n) is 4.77. The Bertz CT molecular complexity index is 242. The highest BCUT2D eigenvalue weighted by Gasteiger charge is 2.36. The van der Waals surface area contributed by atoms with Gasteiger partial charge in [0.1, 0.15) is 11.8 Å². The Morgan fingerprint density at radius 2 is 2.20 bits per heavy atom. The largest absolute Gasteiger partial charge is 0.444 e. The van der Waals surface area contributed by atoms with Gasteiger partial charge in [0.05, 0.1) is 12.6 Å². The van der Waals surface area contributed by atoms with Crippen molar-refractivity contribution in [2.75, 3.05) is 12.4 Å². The van der Waals surface area contributed by atoms with Crippen LogP contribution < -0.4 is 0 Å². The van der Waals surface area contributed by atoms with Crippen molar-refractivity contribution in [2.45, 2.75) is 45.0 Å². The van der Waals surface area contributed by atoms with E-state index >= 15 is 0 Å². The van der Waals surface area contributed by atoms with Gasteiger partial charge in [0, 0.05) is 12.3 Å². The third kappa shape index (κ3) is 3.52. The molecule has 1 heterocycles. The van der Waals surface area contributed by atoms with Gasteiger partial charge in [-0.25, -0.2) is 9.18 Å². The minimum absolute atomic E-state index is 0.0896. The fraction of sp³-hybridized carbons (Fsp3) is 0.900. The molecule has 0 aliphatic carbocycles. The molecule has 1 aliphatic heterocycles. The zero-order valence-corrected chi connectivity index (χ0v) is 10.1. The molecule has 5 heteroatoms. The molecule has 0 spiro atoms. The first-order valence-corrected chi connectivity index (χ1v) is 5.56. The van der Waals surface area contributed by atoms with E-state index in [1.165, 1.54) is 4.90 Å². The first-order valence-electron chi connectivity index (χ1n) is 5.03. The van der Waals surface area contributed by atoms with Crippen LogP contribution in [0.4, 0.5) is 9.18 Å². The van der Waals surface area contributed by atoms with Gasteiger partial charge >= 0.3 is 6.09 Å². The predicted molar refractivity (Wildman–Crippen MR) is 57.0 cm³/mol. The molecule has 0 aromatic rings. The number of rotatable bonds is 1. The lowest BCUT2D eigenvalue weighted by atomic mass is 10.2. The lowest BCUT2D eigenvalue weighted by Crippen LogP contribution is -2.40. The highest BCUT2D eigenvalue weighted by molar-refractivity contribution is 6.18. The van der Waals surface area contributed by atoms with E-state index in [9.17, 15) is 9.18 Å². The highest BCUT2D eigenvalue weighted by atomic mass is 35.5. The van der Waals surface area contributed by atoms with Crippen LogP contribution in [-0.4, -0.2) is 41.2 Å². The average Bonchev–Trinajstić information content (AvgIpc) is 2.43. The van der Waals surface area contributed by atoms with Crippen molar-refractivity contribution in [2.24, 2.45) is 0 Å². The molecule has 0 bridgehead atoms. The summed E-state index contributed by atoms with van der Waals surface area (Å²) in [6.07, 6.45) is -1.16. The van der Waals surface area contributed by atoms with Gasteiger partial charge in [-0.1, -0.05) is 0 Å². The highest BCUT2D eigenvalue weighted by Crippen LogP contribution is 2.23. The summed E-state index contributed by atoms with van der Waals surface area (Å²) in [6, 6.07) is -0.239. The van der Waals surface area contributed by atoms with E-state index in [1.54, 1.807) is 20.8 Å². The first-order chi connectivity index (χ1) is 6.83. The summed E-state index contributed by atoms with van der Waals surface area (Å²) in [5.41, 5.74) is -0.553. The maximum atomic E-state index is 13.1. The van der Waals surface area contributed by atoms with Crippen LogP contribution in [-0.2, 0) is 4.74 Å². The third-order valence-electron chi connectivity index (χ3n) is 2.17. The molecule has 1 fully saturated rings. The molecule has 1 amide bonds. The number of nitrogens with zero attached hydrogens (tertiary/aromatic N) is 1. The van der Waals surface area contributed by atoms with Gasteiger partial charge < -0.3 is 9.64 Å². The molecule has 0 saturated carbocycles. The van der Waals surface area contributed by atoms with Crippen LogP contribution in [0.3, 0.4) is 0 Å². The number of carbonyl (C=O) groups excluding carboxylic acids is 1. The molecule has 1 unspecified atom stereocenters. The Morgan fingerprint density at radius 1 is 1.60 bits per heavy atom. The van der Waals surface area contributed by atoms with E-state index in [-0.39, 0.29) is 18.5 Å². The minimum Gasteiger partial charge on any atom is -0.444 e. The number of carbonyl (C=O) groups is 1. The second-order valence-corrected chi connectivity index (χ2v) is 5.08. The van der Waals surface area contributed by atoms with E-state index < -0.39 is 17.9 Å². The quantitative estimate of drug-likeness (QED) is 0.656. The number of alkyl halides is 2. The van der Waals surface area contributed by atoms with Crippen molar-refractivity contribution < 1.29 is 13.9 Å². The molecular formula is C10H17ClFNO2. The average molecular weight is 238 g/mol. The lowest BCUT2D eigenvalue weighted by Gasteiger charge is -2.27. The molecule has 0 radical (unpaired) electrons. The van der Waals surface area contributed by atoms with Crippen molar-refractivity contribution >= 4 is 17.7 Å². The van der Waals surface area contributed by atoms with Crippen molar-refractivity contribution in [3.05, 3.63) is 0 Å². The van der Waals surface area contributed by atoms with Gasteiger partial charge in [0.2, 0.25) is 0 Å². The molecular weight excluding hydrogens is 221 g/mol. The van der Waals surface area contributed by atoms with E-state index in [2.05, 4.69) is 0 Å². The molecule has 1 rings (SSSR count). The summed E-state index contributed by atoms with van der Waals surface area (Å²) in [5.74, 6) is 0.250. The van der Waals surface area contributed by atoms with Gasteiger partial charge in [-0.15, -0.1) is 11.6 Å². The van der Waals surface area contributed by atoms with Crippen molar-refractivity contribution in [1.29, 1.82) is 0 Å². The van der Waals surface area contributed by atoms with Crippen molar-refractivity contribution in [1.82, 2.24) is 4.90 Å². The molecule has 3 nitrogen and oxygen atoms in total. The molecule has 2 atom stereocenters. The number of ether oxygens (including phenoxy) is 1. The van der Waals surface area contributed by atoms with Crippen LogP contribution in [0.1, 0.15) is 27.2 Å². The Balaban J connectivity index is 2.59. The van der Waals surface area contributed by atoms with Gasteiger partial charge in [0.25, 0.3) is 0 Å². The summed E-state index contributed by atoms with van der Waals surface area (Å²) < 4.78 is 18.3. The standard InChI is InChI=1S/C10H17ClFNO2/c1-10(2,3)15-9(14)13-6-7(12)4-8(13)5-11/h7-8H,4-6H2,1-3H3/t7-,8?/m0/s1. The molecule has 88 valence electrons. The summed E-state index contributed by atoms with van der Waals surface area (Å²) in [7, 11) is 0. The molecule has 1 aliphatic rings. The maximum Gasteiger partial charge on any atom is 0.410 e. The van der Waals surface area contributed by atoms with E-state index in [4.69, 9.17) is 16.3 Å². The maximum absolute atomic E-state index is 13.1. The van der Waals surface area contributed by atoms with Crippen LogP contribution in [0.15, 0.2) is 0 Å². The molecule has 0 N–H and O–H groups in total. The topological polar surface area (TPSA) is 29.5 Å². The van der Waals surface area contributed by atoms with Gasteiger partial charge in [0.15, 0.2) is 0 Å². The predicted octanol–water partition coefficient (Wildman–Crippen LogP) is 2.57. The Morgan fingerprint density at radius 3 is 2.67 bits per heavy atom. The lowest BCUT2D eigenvalue weighted by molar-refractivity contribution is 0.0232.